The summed E-state index contributed by atoms with van der Waals surface area (Å²) < 4.78 is 21.5. The van der Waals surface area contributed by atoms with Crippen LogP contribution in [-0.2, 0) is 22.4 Å². The summed E-state index contributed by atoms with van der Waals surface area (Å²) in [6.07, 6.45) is 5.38. The number of fused-ring (bicyclic) bond motifs is 1. The molecule has 0 spiro atoms. The number of aromatic carboxylic acids is 1. The first-order chi connectivity index (χ1) is 21.7. The van der Waals surface area contributed by atoms with Gasteiger partial charge in [0.05, 0.1) is 28.5 Å². The second kappa shape index (κ2) is 12.8. The van der Waals surface area contributed by atoms with E-state index in [1.165, 1.54) is 41.3 Å². The van der Waals surface area contributed by atoms with Gasteiger partial charge in [0.25, 0.3) is 5.91 Å². The molecule has 0 bridgehead atoms. The Morgan fingerprint density at radius 1 is 0.978 bits per heavy atom. The molecule has 1 N–H and O–H groups in total. The predicted octanol–water partition coefficient (Wildman–Crippen LogP) is 5.53. The van der Waals surface area contributed by atoms with E-state index in [1.54, 1.807) is 30.2 Å². The molecule has 3 heterocycles. The van der Waals surface area contributed by atoms with Gasteiger partial charge >= 0.3 is 5.97 Å². The highest BCUT2D eigenvalue weighted by Gasteiger charge is 2.38. The van der Waals surface area contributed by atoms with E-state index < -0.39 is 23.7 Å². The lowest BCUT2D eigenvalue weighted by Gasteiger charge is -2.40. The van der Waals surface area contributed by atoms with E-state index in [2.05, 4.69) is 16.1 Å². The minimum atomic E-state index is -1.05. The van der Waals surface area contributed by atoms with Crippen LogP contribution in [0.1, 0.15) is 56.3 Å². The molecule has 2 aliphatic rings. The van der Waals surface area contributed by atoms with Gasteiger partial charge in [0.1, 0.15) is 11.7 Å². The van der Waals surface area contributed by atoms with Crippen molar-refractivity contribution in [1.82, 2.24) is 14.7 Å². The van der Waals surface area contributed by atoms with Gasteiger partial charge in [-0.15, -0.1) is 0 Å². The van der Waals surface area contributed by atoms with Crippen molar-refractivity contribution in [3.8, 4) is 5.69 Å². The number of carboxylic acids is 1. The van der Waals surface area contributed by atoms with Crippen molar-refractivity contribution in [1.29, 1.82) is 0 Å². The first kappa shape index (κ1) is 30.5. The highest BCUT2D eigenvalue weighted by Crippen LogP contribution is 2.38. The lowest BCUT2D eigenvalue weighted by atomic mass is 9.86. The zero-order valence-electron chi connectivity index (χ0n) is 24.7. The molecule has 3 aromatic carbocycles. The van der Waals surface area contributed by atoms with Gasteiger partial charge in [-0.2, -0.15) is 5.10 Å². The van der Waals surface area contributed by atoms with Crippen LogP contribution in [0.2, 0.25) is 5.02 Å². The largest absolute Gasteiger partial charge is 0.478 e. The number of rotatable bonds is 8. The van der Waals surface area contributed by atoms with Crippen LogP contribution < -0.4 is 4.90 Å². The minimum absolute atomic E-state index is 0.00420. The number of carbonyl (C=O) groups excluding carboxylic acids is 2. The summed E-state index contributed by atoms with van der Waals surface area (Å²) in [5, 5.41) is 13.4. The lowest BCUT2D eigenvalue weighted by Crippen LogP contribution is -2.45. The predicted molar refractivity (Wildman–Crippen MR) is 167 cm³/mol. The zero-order valence-corrected chi connectivity index (χ0v) is 25.4. The number of aromatic nitrogens is 2. The highest BCUT2D eigenvalue weighted by atomic mass is 35.5. The third-order valence-corrected chi connectivity index (χ3v) is 8.96. The Labute approximate surface area is 264 Å². The summed E-state index contributed by atoms with van der Waals surface area (Å²) in [6, 6.07) is 15.7. The molecule has 1 fully saturated rings. The molecule has 0 radical (unpaired) electrons. The van der Waals surface area contributed by atoms with Crippen molar-refractivity contribution in [2.45, 2.75) is 37.8 Å². The van der Waals surface area contributed by atoms with E-state index in [0.29, 0.717) is 18.5 Å². The van der Waals surface area contributed by atoms with Crippen molar-refractivity contribution >= 4 is 34.9 Å². The number of anilines is 1. The van der Waals surface area contributed by atoms with Crippen molar-refractivity contribution in [3.05, 3.63) is 112 Å². The van der Waals surface area contributed by atoms with Crippen molar-refractivity contribution in [2.75, 3.05) is 31.6 Å². The second-order valence-corrected chi connectivity index (χ2v) is 11.7. The van der Waals surface area contributed by atoms with E-state index in [4.69, 9.17) is 16.3 Å². The van der Waals surface area contributed by atoms with Gasteiger partial charge in [-0.25, -0.2) is 13.9 Å². The fourth-order valence-electron chi connectivity index (χ4n) is 6.31. The van der Waals surface area contributed by atoms with E-state index >= 15 is 0 Å². The molecule has 232 valence electrons. The number of halogens is 2. The molecule has 2 aliphatic heterocycles. The lowest BCUT2D eigenvalue weighted by molar-refractivity contribution is -0.123. The number of piperidine rings is 1. The van der Waals surface area contributed by atoms with E-state index in [-0.39, 0.29) is 40.1 Å². The maximum absolute atomic E-state index is 14.7. The molecule has 1 aromatic heterocycles. The molecule has 45 heavy (non-hydrogen) atoms. The van der Waals surface area contributed by atoms with Crippen LogP contribution in [0.25, 0.3) is 5.69 Å². The monoisotopic (exact) mass is 630 g/mol. The number of ether oxygens (including phenoxy) is 1. The molecule has 0 unspecified atom stereocenters. The average molecular weight is 631 g/mol. The number of hydrogen-bond acceptors (Lipinski definition) is 6. The third kappa shape index (κ3) is 6.08. The second-order valence-electron chi connectivity index (χ2n) is 11.3. The number of nitrogens with zero attached hydrogens (tertiary/aromatic N) is 4. The van der Waals surface area contributed by atoms with Crippen molar-refractivity contribution in [3.63, 3.8) is 0 Å². The Bertz CT molecular complexity index is 1750. The van der Waals surface area contributed by atoms with Crippen LogP contribution in [0.15, 0.2) is 73.1 Å². The SMILES string of the molecule is COC1CCN(c2cccc3c2CCN(C(=O)c2cnn(-c4cccc(Cl)c4F)c2)[C@@H]3C(=O)Cc2ccc(C(=O)O)cc2)CC1. The standard InChI is InChI=1S/C34H32ClFN4O5/c1-45-24-12-15-38(16-13-24)28-6-2-4-26-25(28)14-17-39(32(26)30(41)18-21-8-10-22(11-9-21)34(43)44)33(42)23-19-37-40(20-23)29-7-3-5-27(35)31(29)36/h2-11,19-20,24,32H,12-18H2,1H3,(H,43,44)/t32-/m0/s1. The Morgan fingerprint density at radius 3 is 2.40 bits per heavy atom. The molecule has 1 saturated heterocycles. The normalized spacial score (nSPS) is 16.8. The van der Waals surface area contributed by atoms with Gasteiger partial charge in [0.15, 0.2) is 11.6 Å². The van der Waals surface area contributed by atoms with Crippen LogP contribution in [0.4, 0.5) is 10.1 Å². The Morgan fingerprint density at radius 2 is 1.69 bits per heavy atom. The van der Waals surface area contributed by atoms with Crippen LogP contribution in [0.3, 0.4) is 0 Å². The Kier molecular flexibility index (Phi) is 8.69. The molecular formula is C34H32ClFN4O5. The molecule has 0 saturated carbocycles. The van der Waals surface area contributed by atoms with E-state index in [9.17, 15) is 23.9 Å². The smallest absolute Gasteiger partial charge is 0.335 e. The first-order valence-corrected chi connectivity index (χ1v) is 15.2. The molecule has 1 amide bonds. The van der Waals surface area contributed by atoms with Crippen molar-refractivity contribution < 1.29 is 28.6 Å². The molecule has 0 aliphatic carbocycles. The fourth-order valence-corrected chi connectivity index (χ4v) is 6.48. The van der Waals surface area contributed by atoms with E-state index in [1.807, 2.05) is 12.1 Å². The van der Waals surface area contributed by atoms with Gasteiger partial charge in [-0.3, -0.25) is 9.59 Å². The van der Waals surface area contributed by atoms with E-state index in [0.717, 1.165) is 42.7 Å². The van der Waals surface area contributed by atoms with Gasteiger partial charge in [-0.1, -0.05) is 41.9 Å². The summed E-state index contributed by atoms with van der Waals surface area (Å²) in [7, 11) is 1.73. The number of Topliss-reactive ketones (excluding diaryl/α,β-unsaturated/α-hetero) is 1. The number of benzene rings is 3. The Hall–Kier alpha value is -4.54. The Balaban J connectivity index is 1.34. The number of ketones is 1. The summed E-state index contributed by atoms with van der Waals surface area (Å²) >= 11 is 5.96. The van der Waals surface area contributed by atoms with Crippen LogP contribution >= 0.6 is 11.6 Å². The third-order valence-electron chi connectivity index (χ3n) is 8.67. The number of amides is 1. The van der Waals surface area contributed by atoms with Crippen LogP contribution in [0.5, 0.6) is 0 Å². The van der Waals surface area contributed by atoms with Gasteiger partial charge in [0.2, 0.25) is 0 Å². The summed E-state index contributed by atoms with van der Waals surface area (Å²) in [4.78, 5) is 43.4. The molecule has 6 rings (SSSR count). The number of carboxylic acid groups (broad SMARTS) is 1. The summed E-state index contributed by atoms with van der Waals surface area (Å²) in [6.45, 7) is 1.94. The number of methoxy groups -OCH3 is 1. The minimum Gasteiger partial charge on any atom is -0.478 e. The topological polar surface area (TPSA) is 105 Å². The molecule has 4 aromatic rings. The fraction of sp³-hybridized carbons (Fsp3) is 0.294. The maximum atomic E-state index is 14.7. The molecular weight excluding hydrogens is 599 g/mol. The molecule has 9 nitrogen and oxygen atoms in total. The summed E-state index contributed by atoms with van der Waals surface area (Å²) in [5.41, 5.74) is 3.94. The first-order valence-electron chi connectivity index (χ1n) is 14.8. The maximum Gasteiger partial charge on any atom is 0.335 e. The number of carbonyl (C=O) groups is 3. The van der Waals surface area contributed by atoms with Gasteiger partial charge in [0, 0.05) is 45.0 Å². The van der Waals surface area contributed by atoms with Gasteiger partial charge in [-0.05, 0) is 66.3 Å². The van der Waals surface area contributed by atoms with Crippen LogP contribution in [-0.4, -0.2) is 70.3 Å². The highest BCUT2D eigenvalue weighted by molar-refractivity contribution is 6.30. The average Bonchev–Trinajstić information content (AvgIpc) is 3.55. The zero-order chi connectivity index (χ0) is 31.7. The number of hydrogen-bond donors (Lipinski definition) is 1. The van der Waals surface area contributed by atoms with Gasteiger partial charge < -0.3 is 19.6 Å². The van der Waals surface area contributed by atoms with Crippen LogP contribution in [0, 0.1) is 5.82 Å². The summed E-state index contributed by atoms with van der Waals surface area (Å²) in [5.74, 6) is -2.31. The quantitative estimate of drug-likeness (QED) is 0.273. The molecule has 1 atom stereocenters. The van der Waals surface area contributed by atoms with Crippen molar-refractivity contribution in [2.24, 2.45) is 0 Å². The molecule has 11 heteroatoms.